The largest absolute Gasteiger partial charge is 0.497 e. The first kappa shape index (κ1) is 14.6. The fourth-order valence-corrected chi connectivity index (χ4v) is 2.55. The minimum absolute atomic E-state index is 0.546. The van der Waals surface area contributed by atoms with E-state index in [-0.39, 0.29) is 0 Å². The Balaban J connectivity index is 1.88. The summed E-state index contributed by atoms with van der Waals surface area (Å²) in [5.41, 5.74) is 2.79. The molecule has 0 aliphatic carbocycles. The van der Waals surface area contributed by atoms with E-state index in [0.717, 1.165) is 18.6 Å². The van der Waals surface area contributed by atoms with E-state index in [1.165, 1.54) is 24.0 Å². The van der Waals surface area contributed by atoms with Gasteiger partial charge in [-0.05, 0) is 54.9 Å². The highest BCUT2D eigenvalue weighted by atomic mass is 16.5. The molecule has 2 aromatic rings. The molecule has 1 radical (unpaired) electrons. The molecule has 0 aliphatic rings. The topological polar surface area (TPSA) is 9.23 Å². The number of aryl methyl sites for hydroxylation is 1. The monoisotopic (exact) mass is 267 g/mol. The summed E-state index contributed by atoms with van der Waals surface area (Å²) >= 11 is 0. The average molecular weight is 267 g/mol. The zero-order chi connectivity index (χ0) is 14.2. The predicted molar refractivity (Wildman–Crippen MR) is 85.1 cm³/mol. The lowest BCUT2D eigenvalue weighted by Gasteiger charge is -2.15. The van der Waals surface area contributed by atoms with E-state index in [1.54, 1.807) is 7.11 Å². The molecule has 2 aromatic carbocycles. The van der Waals surface area contributed by atoms with Crippen LogP contribution in [0.15, 0.2) is 54.6 Å². The van der Waals surface area contributed by atoms with Gasteiger partial charge in [0.25, 0.3) is 0 Å². The molecule has 0 heterocycles. The second-order valence-corrected chi connectivity index (χ2v) is 5.14. The highest BCUT2D eigenvalue weighted by molar-refractivity contribution is 5.29. The van der Waals surface area contributed by atoms with Crippen molar-refractivity contribution in [2.24, 2.45) is 0 Å². The third-order valence-electron chi connectivity index (χ3n) is 3.80. The Hall–Kier alpha value is -1.76. The van der Waals surface area contributed by atoms with Gasteiger partial charge in [-0.1, -0.05) is 49.4 Å². The lowest BCUT2D eigenvalue weighted by atomic mass is 9.90. The van der Waals surface area contributed by atoms with Gasteiger partial charge in [-0.2, -0.15) is 0 Å². The maximum Gasteiger partial charge on any atom is 0.118 e. The molecule has 0 fully saturated rings. The molecule has 20 heavy (non-hydrogen) atoms. The molecular formula is C19H23O. The maximum atomic E-state index is 5.21. The molecule has 0 saturated carbocycles. The predicted octanol–water partition coefficient (Wildman–Crippen LogP) is 5.03. The maximum absolute atomic E-state index is 5.21. The van der Waals surface area contributed by atoms with E-state index < -0.39 is 0 Å². The van der Waals surface area contributed by atoms with E-state index in [9.17, 15) is 0 Å². The Morgan fingerprint density at radius 3 is 2.30 bits per heavy atom. The summed E-state index contributed by atoms with van der Waals surface area (Å²) in [6.07, 6.45) is 4.48. The number of ether oxygens (including phenoxy) is 1. The molecule has 0 aromatic heterocycles. The van der Waals surface area contributed by atoms with Crippen LogP contribution in [0.2, 0.25) is 0 Å². The summed E-state index contributed by atoms with van der Waals surface area (Å²) in [6.45, 7) is 4.10. The summed E-state index contributed by atoms with van der Waals surface area (Å²) in [4.78, 5) is 0. The smallest absolute Gasteiger partial charge is 0.118 e. The van der Waals surface area contributed by atoms with Crippen molar-refractivity contribution >= 4 is 0 Å². The summed E-state index contributed by atoms with van der Waals surface area (Å²) in [7, 11) is 1.70. The van der Waals surface area contributed by atoms with Gasteiger partial charge < -0.3 is 4.74 Å². The highest BCUT2D eigenvalue weighted by Gasteiger charge is 2.09. The molecule has 2 rings (SSSR count). The van der Waals surface area contributed by atoms with Gasteiger partial charge in [-0.25, -0.2) is 0 Å². The first-order chi connectivity index (χ1) is 9.83. The van der Waals surface area contributed by atoms with Crippen molar-refractivity contribution < 1.29 is 4.74 Å². The molecule has 1 atom stereocenters. The number of methoxy groups -OCH3 is 1. The molecule has 1 unspecified atom stereocenters. The van der Waals surface area contributed by atoms with Crippen LogP contribution in [-0.2, 0) is 6.42 Å². The zero-order valence-electron chi connectivity index (χ0n) is 12.2. The van der Waals surface area contributed by atoms with Crippen LogP contribution in [0.5, 0.6) is 5.75 Å². The van der Waals surface area contributed by atoms with Gasteiger partial charge in [0.05, 0.1) is 7.11 Å². The average Bonchev–Trinajstić information content (AvgIpc) is 2.53. The number of hydrogen-bond acceptors (Lipinski definition) is 1. The minimum atomic E-state index is 0.546. The van der Waals surface area contributed by atoms with Crippen LogP contribution >= 0.6 is 0 Å². The Morgan fingerprint density at radius 1 is 1.00 bits per heavy atom. The third kappa shape index (κ3) is 4.12. The fourth-order valence-electron chi connectivity index (χ4n) is 2.55. The minimum Gasteiger partial charge on any atom is -0.497 e. The van der Waals surface area contributed by atoms with Crippen molar-refractivity contribution in [2.45, 2.75) is 31.6 Å². The molecule has 0 saturated heterocycles. The van der Waals surface area contributed by atoms with Crippen molar-refractivity contribution in [3.05, 3.63) is 72.6 Å². The third-order valence-corrected chi connectivity index (χ3v) is 3.80. The first-order valence-electron chi connectivity index (χ1n) is 7.30. The molecule has 0 spiro atoms. The summed E-state index contributed by atoms with van der Waals surface area (Å²) in [6, 6.07) is 19.1. The van der Waals surface area contributed by atoms with Crippen LogP contribution < -0.4 is 4.74 Å². The molecule has 1 heteroatoms. The van der Waals surface area contributed by atoms with Gasteiger partial charge in [-0.15, -0.1) is 0 Å². The molecule has 0 bridgehead atoms. The molecule has 1 nitrogen and oxygen atoms in total. The van der Waals surface area contributed by atoms with Gasteiger partial charge in [0.15, 0.2) is 0 Å². The van der Waals surface area contributed by atoms with Gasteiger partial charge in [-0.3, -0.25) is 0 Å². The van der Waals surface area contributed by atoms with Gasteiger partial charge in [0.2, 0.25) is 0 Å². The second kappa shape index (κ2) is 7.74. The fraction of sp³-hybridized carbons (Fsp3) is 0.316. The molecule has 0 N–H and O–H groups in total. The Labute approximate surface area is 122 Å². The van der Waals surface area contributed by atoms with Crippen molar-refractivity contribution in [3.8, 4) is 5.75 Å². The van der Waals surface area contributed by atoms with Crippen LogP contribution in [0.4, 0.5) is 0 Å². The Bertz CT molecular complexity index is 487. The Kier molecular flexibility index (Phi) is 5.67. The molecular weight excluding hydrogens is 244 g/mol. The van der Waals surface area contributed by atoms with E-state index >= 15 is 0 Å². The van der Waals surface area contributed by atoms with Gasteiger partial charge >= 0.3 is 0 Å². The van der Waals surface area contributed by atoms with Crippen LogP contribution in [0.1, 0.15) is 36.3 Å². The van der Waals surface area contributed by atoms with Crippen LogP contribution in [-0.4, -0.2) is 7.11 Å². The molecule has 105 valence electrons. The van der Waals surface area contributed by atoms with E-state index in [1.807, 2.05) is 12.1 Å². The highest BCUT2D eigenvalue weighted by Crippen LogP contribution is 2.27. The van der Waals surface area contributed by atoms with Crippen molar-refractivity contribution in [2.75, 3.05) is 7.11 Å². The van der Waals surface area contributed by atoms with Crippen LogP contribution in [0, 0.1) is 6.92 Å². The SMILES string of the molecule is [CH2]CC(CCCc1ccccc1)c1ccc(OC)cc1. The quantitative estimate of drug-likeness (QED) is 0.684. The van der Waals surface area contributed by atoms with Crippen molar-refractivity contribution in [3.63, 3.8) is 0 Å². The Morgan fingerprint density at radius 2 is 1.70 bits per heavy atom. The second-order valence-electron chi connectivity index (χ2n) is 5.14. The zero-order valence-corrected chi connectivity index (χ0v) is 12.2. The van der Waals surface area contributed by atoms with Gasteiger partial charge in [0.1, 0.15) is 5.75 Å². The van der Waals surface area contributed by atoms with Crippen molar-refractivity contribution in [1.82, 2.24) is 0 Å². The van der Waals surface area contributed by atoms with Crippen LogP contribution in [0.3, 0.4) is 0 Å². The number of rotatable bonds is 7. The lowest BCUT2D eigenvalue weighted by Crippen LogP contribution is -1.99. The number of benzene rings is 2. The standard InChI is InChI=1S/C19H23O/c1-3-17(18-12-14-19(20-2)15-13-18)11-7-10-16-8-5-4-6-9-16/h4-6,8-9,12-15,17H,1,3,7,10-11H2,2H3. The normalized spacial score (nSPS) is 12.1. The summed E-state index contributed by atoms with van der Waals surface area (Å²) in [5.74, 6) is 1.46. The summed E-state index contributed by atoms with van der Waals surface area (Å²) in [5, 5.41) is 0. The molecule has 0 aliphatic heterocycles. The lowest BCUT2D eigenvalue weighted by molar-refractivity contribution is 0.414. The number of hydrogen-bond donors (Lipinski definition) is 0. The van der Waals surface area contributed by atoms with E-state index in [0.29, 0.717) is 5.92 Å². The van der Waals surface area contributed by atoms with Crippen LogP contribution in [0.25, 0.3) is 0 Å². The van der Waals surface area contributed by atoms with E-state index in [4.69, 9.17) is 4.74 Å². The molecule has 0 amide bonds. The summed E-state index contributed by atoms with van der Waals surface area (Å²) < 4.78 is 5.21. The first-order valence-corrected chi connectivity index (χ1v) is 7.30. The van der Waals surface area contributed by atoms with E-state index in [2.05, 4.69) is 49.4 Å². The van der Waals surface area contributed by atoms with Gasteiger partial charge in [0, 0.05) is 0 Å². The van der Waals surface area contributed by atoms with Crippen molar-refractivity contribution in [1.29, 1.82) is 0 Å².